The van der Waals surface area contributed by atoms with E-state index in [0.717, 1.165) is 48.8 Å². The minimum Gasteiger partial charge on any atom is -0.375 e. The number of likely N-dealkylation sites (tertiary alicyclic amines) is 1. The van der Waals surface area contributed by atoms with E-state index in [0.29, 0.717) is 12.1 Å². The van der Waals surface area contributed by atoms with Crippen LogP contribution in [0.2, 0.25) is 0 Å². The van der Waals surface area contributed by atoms with Crippen LogP contribution in [0.3, 0.4) is 0 Å². The SMILES string of the molecule is CCCN(C)c1ccc(C(c2ccc(C#N)cc2)N2CC[C@@H](NC(=O)c3ccc(C#N)cc3F)C2)cc1. The number of rotatable bonds is 8. The number of hydrogen-bond acceptors (Lipinski definition) is 5. The van der Waals surface area contributed by atoms with Crippen molar-refractivity contribution in [2.45, 2.75) is 31.8 Å². The highest BCUT2D eigenvalue weighted by Gasteiger charge is 2.31. The van der Waals surface area contributed by atoms with Gasteiger partial charge in [0.05, 0.1) is 34.9 Å². The third kappa shape index (κ3) is 5.97. The van der Waals surface area contributed by atoms with Gasteiger partial charge in [-0.15, -0.1) is 0 Å². The van der Waals surface area contributed by atoms with Crippen molar-refractivity contribution >= 4 is 11.6 Å². The van der Waals surface area contributed by atoms with Crippen LogP contribution in [-0.2, 0) is 0 Å². The molecular formula is C30H30FN5O. The van der Waals surface area contributed by atoms with Crippen LogP contribution in [0.1, 0.15) is 58.4 Å². The fourth-order valence-electron chi connectivity index (χ4n) is 4.90. The van der Waals surface area contributed by atoms with E-state index in [1.54, 1.807) is 0 Å². The van der Waals surface area contributed by atoms with Crippen LogP contribution in [0.15, 0.2) is 66.7 Å². The smallest absolute Gasteiger partial charge is 0.254 e. The molecule has 1 aliphatic heterocycles. The van der Waals surface area contributed by atoms with Crippen LogP contribution >= 0.6 is 0 Å². The first-order chi connectivity index (χ1) is 17.9. The molecule has 1 amide bonds. The van der Waals surface area contributed by atoms with Crippen LogP contribution in [0.25, 0.3) is 0 Å². The maximum Gasteiger partial charge on any atom is 0.254 e. The van der Waals surface area contributed by atoms with E-state index in [2.05, 4.69) is 59.4 Å². The summed E-state index contributed by atoms with van der Waals surface area (Å²) in [6.45, 7) is 4.49. The van der Waals surface area contributed by atoms with E-state index in [9.17, 15) is 14.4 Å². The molecular weight excluding hydrogens is 465 g/mol. The van der Waals surface area contributed by atoms with Crippen LogP contribution in [-0.4, -0.2) is 43.5 Å². The van der Waals surface area contributed by atoms with Crippen LogP contribution in [0, 0.1) is 28.5 Å². The summed E-state index contributed by atoms with van der Waals surface area (Å²) < 4.78 is 14.4. The predicted molar refractivity (Wildman–Crippen MR) is 142 cm³/mol. The third-order valence-corrected chi connectivity index (χ3v) is 6.83. The van der Waals surface area contributed by atoms with E-state index >= 15 is 0 Å². The minimum atomic E-state index is -0.699. The second-order valence-corrected chi connectivity index (χ2v) is 9.41. The fraction of sp³-hybridized carbons (Fsp3) is 0.300. The number of nitrogens with zero attached hydrogens (tertiary/aromatic N) is 4. The summed E-state index contributed by atoms with van der Waals surface area (Å²) in [5.41, 5.74) is 4.07. The van der Waals surface area contributed by atoms with Crippen molar-refractivity contribution in [3.63, 3.8) is 0 Å². The first-order valence-electron chi connectivity index (χ1n) is 12.5. The van der Waals surface area contributed by atoms with Gasteiger partial charge in [0.1, 0.15) is 5.82 Å². The molecule has 1 aliphatic rings. The average molecular weight is 496 g/mol. The molecule has 0 saturated carbocycles. The highest BCUT2D eigenvalue weighted by Crippen LogP contribution is 2.33. The van der Waals surface area contributed by atoms with E-state index in [4.69, 9.17) is 5.26 Å². The zero-order valence-corrected chi connectivity index (χ0v) is 21.1. The summed E-state index contributed by atoms with van der Waals surface area (Å²) >= 11 is 0. The van der Waals surface area contributed by atoms with Crippen LogP contribution < -0.4 is 10.2 Å². The van der Waals surface area contributed by atoms with Crippen LogP contribution in [0.5, 0.6) is 0 Å². The number of anilines is 1. The predicted octanol–water partition coefficient (Wildman–Crippen LogP) is 5.01. The number of carbonyl (C=O) groups is 1. The molecule has 37 heavy (non-hydrogen) atoms. The van der Waals surface area contributed by atoms with Crippen LogP contribution in [0.4, 0.5) is 10.1 Å². The number of halogens is 1. The first-order valence-corrected chi connectivity index (χ1v) is 12.5. The van der Waals surface area contributed by atoms with Gasteiger partial charge in [0.2, 0.25) is 0 Å². The molecule has 1 fully saturated rings. The van der Waals surface area contributed by atoms with Gasteiger partial charge < -0.3 is 10.2 Å². The van der Waals surface area contributed by atoms with Gasteiger partial charge in [-0.3, -0.25) is 9.69 Å². The van der Waals surface area contributed by atoms with Gasteiger partial charge in [0.15, 0.2) is 0 Å². The molecule has 0 aromatic heterocycles. The Morgan fingerprint density at radius 1 is 1.05 bits per heavy atom. The zero-order chi connectivity index (χ0) is 26.4. The van der Waals surface area contributed by atoms with Gasteiger partial charge in [-0.05, 0) is 66.4 Å². The van der Waals surface area contributed by atoms with Crippen molar-refractivity contribution in [2.75, 3.05) is 31.6 Å². The lowest BCUT2D eigenvalue weighted by Gasteiger charge is -2.29. The number of nitrogens with one attached hydrogen (secondary N) is 1. The normalized spacial score (nSPS) is 16.0. The average Bonchev–Trinajstić information content (AvgIpc) is 3.37. The Labute approximate surface area is 217 Å². The van der Waals surface area contributed by atoms with Crippen molar-refractivity contribution in [1.82, 2.24) is 10.2 Å². The summed E-state index contributed by atoms with van der Waals surface area (Å²) in [5, 5.41) is 21.1. The van der Waals surface area contributed by atoms with Gasteiger partial charge in [-0.2, -0.15) is 10.5 Å². The maximum absolute atomic E-state index is 14.4. The summed E-state index contributed by atoms with van der Waals surface area (Å²) in [6.07, 6.45) is 1.80. The molecule has 3 aromatic rings. The largest absolute Gasteiger partial charge is 0.375 e. The lowest BCUT2D eigenvalue weighted by molar-refractivity contribution is 0.0933. The Bertz CT molecular complexity index is 1320. The van der Waals surface area contributed by atoms with Gasteiger partial charge in [0, 0.05) is 38.4 Å². The van der Waals surface area contributed by atoms with Crippen molar-refractivity contribution in [1.29, 1.82) is 10.5 Å². The monoisotopic (exact) mass is 495 g/mol. The summed E-state index contributed by atoms with van der Waals surface area (Å²) in [7, 11) is 2.08. The van der Waals surface area contributed by atoms with E-state index in [1.165, 1.54) is 12.1 Å². The minimum absolute atomic E-state index is 0.0492. The molecule has 0 spiro atoms. The number of nitriles is 2. The Morgan fingerprint density at radius 3 is 2.27 bits per heavy atom. The summed E-state index contributed by atoms with van der Waals surface area (Å²) in [6, 6.07) is 23.9. The second-order valence-electron chi connectivity index (χ2n) is 9.41. The molecule has 6 nitrogen and oxygen atoms in total. The Kier molecular flexibility index (Phi) is 8.18. The molecule has 4 rings (SSSR count). The molecule has 1 heterocycles. The highest BCUT2D eigenvalue weighted by molar-refractivity contribution is 5.94. The first kappa shape index (κ1) is 25.9. The van der Waals surface area contributed by atoms with Crippen molar-refractivity contribution in [2.24, 2.45) is 0 Å². The molecule has 0 radical (unpaired) electrons. The number of amides is 1. The van der Waals surface area contributed by atoms with E-state index in [-0.39, 0.29) is 23.2 Å². The number of hydrogen-bond donors (Lipinski definition) is 1. The standard InChI is InChI=1S/C30H30FN5O/c1-3-15-35(2)26-11-9-24(10-12-26)29(23-7-4-21(18-32)5-8-23)36-16-14-25(20-36)34-30(37)27-13-6-22(19-33)17-28(27)31/h4-13,17,25,29H,3,14-16,20H2,1-2H3,(H,34,37)/t25-,29?/m1/s1. The lowest BCUT2D eigenvalue weighted by atomic mass is 9.96. The zero-order valence-electron chi connectivity index (χ0n) is 21.1. The molecule has 0 bridgehead atoms. The third-order valence-electron chi connectivity index (χ3n) is 6.83. The molecule has 1 unspecified atom stereocenters. The molecule has 188 valence electrons. The second kappa shape index (κ2) is 11.7. The molecule has 1 saturated heterocycles. The molecule has 0 aliphatic carbocycles. The number of carbonyl (C=O) groups excluding carboxylic acids is 1. The van der Waals surface area contributed by atoms with Crippen molar-refractivity contribution in [3.05, 3.63) is 100 Å². The van der Waals surface area contributed by atoms with Crippen molar-refractivity contribution < 1.29 is 9.18 Å². The van der Waals surface area contributed by atoms with E-state index in [1.807, 2.05) is 30.3 Å². The van der Waals surface area contributed by atoms with Gasteiger partial charge >= 0.3 is 0 Å². The Morgan fingerprint density at radius 2 is 1.68 bits per heavy atom. The summed E-state index contributed by atoms with van der Waals surface area (Å²) in [5.74, 6) is -1.18. The number of benzene rings is 3. The maximum atomic E-state index is 14.4. The summed E-state index contributed by atoms with van der Waals surface area (Å²) in [4.78, 5) is 17.3. The van der Waals surface area contributed by atoms with E-state index < -0.39 is 11.7 Å². The quantitative estimate of drug-likeness (QED) is 0.475. The molecule has 2 atom stereocenters. The van der Waals surface area contributed by atoms with Crippen molar-refractivity contribution in [3.8, 4) is 12.1 Å². The lowest BCUT2D eigenvalue weighted by Crippen LogP contribution is -2.38. The molecule has 7 heteroatoms. The topological polar surface area (TPSA) is 83.2 Å². The Hall–Kier alpha value is -4.20. The molecule has 3 aromatic carbocycles. The Balaban J connectivity index is 1.54. The molecule has 1 N–H and O–H groups in total. The van der Waals surface area contributed by atoms with Gasteiger partial charge in [-0.1, -0.05) is 31.2 Å². The highest BCUT2D eigenvalue weighted by atomic mass is 19.1. The van der Waals surface area contributed by atoms with Gasteiger partial charge in [0.25, 0.3) is 5.91 Å². The fourth-order valence-corrected chi connectivity index (χ4v) is 4.90. The van der Waals surface area contributed by atoms with Gasteiger partial charge in [-0.25, -0.2) is 4.39 Å².